The molecule has 0 radical (unpaired) electrons. The maximum absolute atomic E-state index is 12.8. The Balaban J connectivity index is 1.42. The molecule has 0 aliphatic carbocycles. The number of nitrogens with one attached hydrogen (secondary N) is 4. The van der Waals surface area contributed by atoms with Gasteiger partial charge in [-0.05, 0) is 19.1 Å². The fourth-order valence-electron chi connectivity index (χ4n) is 4.57. The molecule has 3 aliphatic heterocycles. The molecule has 198 valence electrons. The number of thioether (sulfide) groups is 1. The van der Waals surface area contributed by atoms with E-state index in [1.807, 2.05) is 11.8 Å². The van der Waals surface area contributed by atoms with Gasteiger partial charge in [-0.25, -0.2) is 4.90 Å². The summed E-state index contributed by atoms with van der Waals surface area (Å²) < 4.78 is 22.5. The minimum absolute atomic E-state index is 0.0899. The number of esters is 2. The van der Waals surface area contributed by atoms with Crippen LogP contribution in [0.4, 0.5) is 0 Å². The molecule has 1 aromatic rings. The van der Waals surface area contributed by atoms with E-state index in [1.165, 1.54) is 26.5 Å². The van der Waals surface area contributed by atoms with E-state index < -0.39 is 55.0 Å². The van der Waals surface area contributed by atoms with Crippen molar-refractivity contribution in [1.82, 2.24) is 26.2 Å². The van der Waals surface area contributed by atoms with Gasteiger partial charge in [0.1, 0.15) is 37.4 Å². The average molecular weight is 524 g/mol. The van der Waals surface area contributed by atoms with Gasteiger partial charge in [0.2, 0.25) is 5.91 Å². The molecule has 7 atom stereocenters. The fourth-order valence-corrected chi connectivity index (χ4v) is 5.32. The predicted molar refractivity (Wildman–Crippen MR) is 129 cm³/mol. The third kappa shape index (κ3) is 6.17. The molecule has 3 saturated heterocycles. The number of hydrogen-bond acceptors (Lipinski definition) is 12. The number of ether oxygens (including phenoxy) is 4. The van der Waals surface area contributed by atoms with Crippen molar-refractivity contribution in [3.63, 3.8) is 0 Å². The minimum atomic E-state index is -0.784. The number of hydrogen-bond donors (Lipinski definition) is 4. The van der Waals surface area contributed by atoms with E-state index in [-0.39, 0.29) is 12.5 Å². The van der Waals surface area contributed by atoms with Gasteiger partial charge >= 0.3 is 11.9 Å². The lowest BCUT2D eigenvalue weighted by Crippen LogP contribution is -2.71. The normalized spacial score (nSPS) is 32.1. The Morgan fingerprint density at radius 1 is 1.19 bits per heavy atom. The lowest BCUT2D eigenvalue weighted by atomic mass is 10.1. The van der Waals surface area contributed by atoms with E-state index in [0.717, 1.165) is 4.90 Å². The van der Waals surface area contributed by atoms with Crippen LogP contribution in [0.15, 0.2) is 29.2 Å². The number of rotatable bonds is 9. The number of benzene rings is 1. The Bertz CT molecular complexity index is 951. The Morgan fingerprint density at radius 3 is 2.61 bits per heavy atom. The van der Waals surface area contributed by atoms with E-state index in [2.05, 4.69) is 45.5 Å². The van der Waals surface area contributed by atoms with Crippen molar-refractivity contribution in [3.8, 4) is 0 Å². The second-order valence-electron chi connectivity index (χ2n) is 8.86. The van der Waals surface area contributed by atoms with Crippen molar-refractivity contribution in [2.45, 2.75) is 68.7 Å². The van der Waals surface area contributed by atoms with Crippen LogP contribution in [0.5, 0.6) is 0 Å². The van der Waals surface area contributed by atoms with Crippen LogP contribution in [0.25, 0.3) is 0 Å². The second-order valence-corrected chi connectivity index (χ2v) is 9.90. The van der Waals surface area contributed by atoms with Crippen LogP contribution in [-0.2, 0) is 33.3 Å². The molecule has 0 saturated carbocycles. The highest BCUT2D eigenvalue weighted by atomic mass is 32.2. The summed E-state index contributed by atoms with van der Waals surface area (Å²) in [5, 5.41) is 12.9. The lowest BCUT2D eigenvalue weighted by molar-refractivity contribution is -0.158. The first-order valence-electron chi connectivity index (χ1n) is 11.7. The van der Waals surface area contributed by atoms with Crippen LogP contribution in [0.2, 0.25) is 0 Å². The number of fused-ring (bicyclic) bond motifs is 1. The van der Waals surface area contributed by atoms with Gasteiger partial charge in [0.15, 0.2) is 6.10 Å². The highest BCUT2D eigenvalue weighted by Gasteiger charge is 2.55. The van der Waals surface area contributed by atoms with Crippen molar-refractivity contribution in [2.75, 3.05) is 26.3 Å². The third-order valence-corrected chi connectivity index (χ3v) is 7.17. The minimum Gasteiger partial charge on any atom is -0.463 e. The molecule has 3 heterocycles. The van der Waals surface area contributed by atoms with Crippen molar-refractivity contribution in [1.29, 1.82) is 0 Å². The first kappa shape index (κ1) is 26.8. The van der Waals surface area contributed by atoms with Crippen molar-refractivity contribution in [2.24, 2.45) is 0 Å². The summed E-state index contributed by atoms with van der Waals surface area (Å²) in [5.41, 5.74) is 1.20. The Kier molecular flexibility index (Phi) is 8.83. The van der Waals surface area contributed by atoms with Gasteiger partial charge in [-0.3, -0.25) is 30.3 Å². The van der Waals surface area contributed by atoms with Gasteiger partial charge in [0, 0.05) is 31.7 Å². The smallest absolute Gasteiger partial charge is 0.303 e. The lowest BCUT2D eigenvalue weighted by Gasteiger charge is -2.39. The molecule has 3 unspecified atom stereocenters. The molecule has 12 nitrogen and oxygen atoms in total. The molecule has 3 fully saturated rings. The SMILES string of the molecule is CO[C@@H]1[C@H](OC(C)=O)[C@@H](COC(C)=O)O[C@H]1N1CNC2C(=O)NC(NCSc3ccc(C)cc3)NC21. The van der Waals surface area contributed by atoms with Crippen LogP contribution in [0.3, 0.4) is 0 Å². The van der Waals surface area contributed by atoms with Crippen LogP contribution < -0.4 is 21.3 Å². The Morgan fingerprint density at radius 2 is 1.94 bits per heavy atom. The summed E-state index contributed by atoms with van der Waals surface area (Å²) in [5.74, 6) is -0.546. The van der Waals surface area contributed by atoms with Gasteiger partial charge in [-0.1, -0.05) is 17.7 Å². The summed E-state index contributed by atoms with van der Waals surface area (Å²) in [6.07, 6.45) is -3.72. The molecule has 1 aromatic carbocycles. The zero-order valence-corrected chi connectivity index (χ0v) is 21.5. The predicted octanol–water partition coefficient (Wildman–Crippen LogP) is -0.571. The molecule has 36 heavy (non-hydrogen) atoms. The molecular formula is C23H33N5O7S. The number of carbonyl (C=O) groups excluding carboxylic acids is 3. The van der Waals surface area contributed by atoms with Gasteiger partial charge in [-0.15, -0.1) is 11.8 Å². The van der Waals surface area contributed by atoms with E-state index >= 15 is 0 Å². The second kappa shape index (κ2) is 11.9. The van der Waals surface area contributed by atoms with Gasteiger partial charge in [0.25, 0.3) is 0 Å². The summed E-state index contributed by atoms with van der Waals surface area (Å²) >= 11 is 1.63. The van der Waals surface area contributed by atoms with Crippen LogP contribution in [0.1, 0.15) is 19.4 Å². The largest absolute Gasteiger partial charge is 0.463 e. The maximum Gasteiger partial charge on any atom is 0.303 e. The third-order valence-electron chi connectivity index (χ3n) is 6.26. The molecule has 4 N–H and O–H groups in total. The number of carbonyl (C=O) groups is 3. The van der Waals surface area contributed by atoms with Gasteiger partial charge in [-0.2, -0.15) is 0 Å². The molecule has 0 spiro atoms. The monoisotopic (exact) mass is 523 g/mol. The molecule has 3 aliphatic rings. The quantitative estimate of drug-likeness (QED) is 0.187. The standard InChI is InChI=1S/C23H33N5O7S/c1-12-5-7-15(8-6-12)36-11-25-23-26-20-17(21(31)27-23)24-10-28(20)22-19(32-4)18(34-14(3)30)16(35-22)9-33-13(2)29/h5-8,16-20,22-26H,9-11H2,1-4H3,(H,27,31)/t16-,17?,18-,19-,20?,22-,23?/m1/s1. The highest BCUT2D eigenvalue weighted by Crippen LogP contribution is 2.32. The van der Waals surface area contributed by atoms with Gasteiger partial charge in [0.05, 0.1) is 12.8 Å². The first-order chi connectivity index (χ1) is 17.3. The topological polar surface area (TPSA) is 139 Å². The molecular weight excluding hydrogens is 490 g/mol. The Hall–Kier alpha value is -2.26. The van der Waals surface area contributed by atoms with Gasteiger partial charge < -0.3 is 24.3 Å². The molecule has 1 amide bonds. The molecule has 13 heteroatoms. The summed E-state index contributed by atoms with van der Waals surface area (Å²) in [6, 6.07) is 7.71. The highest BCUT2D eigenvalue weighted by molar-refractivity contribution is 7.99. The van der Waals surface area contributed by atoms with Crippen molar-refractivity contribution < 1.29 is 33.3 Å². The summed E-state index contributed by atoms with van der Waals surface area (Å²) in [6.45, 7) is 4.88. The summed E-state index contributed by atoms with van der Waals surface area (Å²) in [4.78, 5) is 39.0. The fraction of sp³-hybridized carbons (Fsp3) is 0.609. The van der Waals surface area contributed by atoms with Crippen LogP contribution in [0, 0.1) is 6.92 Å². The molecule has 0 bridgehead atoms. The Labute approximate surface area is 214 Å². The van der Waals surface area contributed by atoms with Crippen molar-refractivity contribution in [3.05, 3.63) is 29.8 Å². The van der Waals surface area contributed by atoms with E-state index in [9.17, 15) is 14.4 Å². The van der Waals surface area contributed by atoms with Crippen molar-refractivity contribution >= 4 is 29.6 Å². The average Bonchev–Trinajstić information content (AvgIpc) is 3.40. The number of nitrogens with zero attached hydrogens (tertiary/aromatic N) is 1. The van der Waals surface area contributed by atoms with Crippen LogP contribution in [-0.4, -0.2) is 92.0 Å². The van der Waals surface area contributed by atoms with Crippen LogP contribution >= 0.6 is 11.8 Å². The first-order valence-corrected chi connectivity index (χ1v) is 12.7. The molecule has 0 aromatic heterocycles. The number of methoxy groups -OCH3 is 1. The summed E-state index contributed by atoms with van der Waals surface area (Å²) in [7, 11) is 1.50. The number of amides is 1. The zero-order valence-electron chi connectivity index (χ0n) is 20.7. The molecule has 4 rings (SSSR count). The maximum atomic E-state index is 12.8. The van der Waals surface area contributed by atoms with E-state index in [0.29, 0.717) is 12.5 Å². The van der Waals surface area contributed by atoms with E-state index in [1.54, 1.807) is 11.8 Å². The number of aryl methyl sites for hydroxylation is 1. The van der Waals surface area contributed by atoms with E-state index in [4.69, 9.17) is 18.9 Å². The zero-order chi connectivity index (χ0) is 25.8.